The molecule has 0 radical (unpaired) electrons. The number of nitrogens with zero attached hydrogens (tertiary/aromatic N) is 1. The second kappa shape index (κ2) is 4.23. The van der Waals surface area contributed by atoms with Gasteiger partial charge in [-0.1, -0.05) is 24.3 Å². The maximum absolute atomic E-state index is 4.07. The van der Waals surface area contributed by atoms with E-state index in [-0.39, 0.29) is 0 Å². The van der Waals surface area contributed by atoms with Gasteiger partial charge in [-0.15, -0.1) is 0 Å². The van der Waals surface area contributed by atoms with Crippen LogP contribution in [-0.4, -0.2) is 15.2 Å². The third-order valence-electron chi connectivity index (χ3n) is 3.82. The molecule has 0 bridgehead atoms. The molecule has 0 aliphatic heterocycles. The number of fused-ring (bicyclic) bond motifs is 2. The van der Waals surface area contributed by atoms with Crippen molar-refractivity contribution in [3.05, 3.63) is 65.5 Å². The average molecular weight is 261 g/mol. The molecule has 0 saturated heterocycles. The van der Waals surface area contributed by atoms with Crippen LogP contribution in [-0.2, 0) is 6.42 Å². The highest BCUT2D eigenvalue weighted by Gasteiger charge is 2.06. The Bertz CT molecular complexity index is 899. The summed E-state index contributed by atoms with van der Waals surface area (Å²) < 4.78 is 0. The molecule has 2 N–H and O–H groups in total. The molecule has 3 nitrogen and oxygen atoms in total. The molecule has 0 amide bonds. The van der Waals surface area contributed by atoms with Crippen LogP contribution in [0.4, 0.5) is 0 Å². The lowest BCUT2D eigenvalue weighted by Crippen LogP contribution is -1.86. The molecule has 3 heteroatoms. The summed E-state index contributed by atoms with van der Waals surface area (Å²) in [6.07, 6.45) is 4.90. The predicted octanol–water partition coefficient (Wildman–Crippen LogP) is 3.94. The molecule has 0 atom stereocenters. The van der Waals surface area contributed by atoms with Gasteiger partial charge in [0.1, 0.15) is 0 Å². The highest BCUT2D eigenvalue weighted by molar-refractivity contribution is 5.84. The molecule has 0 spiro atoms. The molecule has 20 heavy (non-hydrogen) atoms. The molecule has 0 aliphatic rings. The number of H-pyrrole nitrogens is 2. The Morgan fingerprint density at radius 3 is 2.95 bits per heavy atom. The average Bonchev–Trinajstić information content (AvgIpc) is 3.05. The van der Waals surface area contributed by atoms with Gasteiger partial charge in [0.05, 0.1) is 11.7 Å². The standard InChI is InChI=1S/C17H15N3/c1-11-2-5-15-14(9-18-17(15)6-11)7-12-3-4-13-10-19-20-16(13)8-12/h2-6,8-10,18H,7H2,1H3,(H,19,20). The Kier molecular flexibility index (Phi) is 2.39. The number of aromatic nitrogens is 3. The summed E-state index contributed by atoms with van der Waals surface area (Å²) in [7, 11) is 0. The maximum Gasteiger partial charge on any atom is 0.0653 e. The zero-order valence-corrected chi connectivity index (χ0v) is 11.3. The van der Waals surface area contributed by atoms with Crippen molar-refractivity contribution in [2.24, 2.45) is 0 Å². The van der Waals surface area contributed by atoms with Gasteiger partial charge in [-0.25, -0.2) is 0 Å². The fourth-order valence-corrected chi connectivity index (χ4v) is 2.76. The van der Waals surface area contributed by atoms with E-state index in [9.17, 15) is 0 Å². The van der Waals surface area contributed by atoms with Crippen LogP contribution in [0, 0.1) is 6.92 Å². The third kappa shape index (κ3) is 1.79. The number of aryl methyl sites for hydroxylation is 1. The summed E-state index contributed by atoms with van der Waals surface area (Å²) in [6, 6.07) is 13.0. The number of aromatic amines is 2. The van der Waals surface area contributed by atoms with Crippen LogP contribution in [0.25, 0.3) is 21.8 Å². The van der Waals surface area contributed by atoms with Crippen LogP contribution in [0.1, 0.15) is 16.7 Å². The number of rotatable bonds is 2. The van der Waals surface area contributed by atoms with E-state index in [1.165, 1.54) is 27.6 Å². The molecular formula is C17H15N3. The molecule has 0 saturated carbocycles. The molecule has 2 aromatic heterocycles. The Labute approximate surface area is 116 Å². The Balaban J connectivity index is 1.76. The molecule has 98 valence electrons. The quantitative estimate of drug-likeness (QED) is 0.564. The molecule has 2 heterocycles. The van der Waals surface area contributed by atoms with Gasteiger partial charge in [-0.2, -0.15) is 5.10 Å². The second-order valence-corrected chi connectivity index (χ2v) is 5.33. The number of nitrogens with one attached hydrogen (secondary N) is 2. The van der Waals surface area contributed by atoms with Gasteiger partial charge in [0.25, 0.3) is 0 Å². The van der Waals surface area contributed by atoms with Crippen LogP contribution in [0.3, 0.4) is 0 Å². The topological polar surface area (TPSA) is 44.5 Å². The monoisotopic (exact) mass is 261 g/mol. The van der Waals surface area contributed by atoms with Crippen LogP contribution in [0.15, 0.2) is 48.8 Å². The zero-order valence-electron chi connectivity index (χ0n) is 11.3. The fraction of sp³-hybridized carbons (Fsp3) is 0.118. The molecule has 2 aromatic carbocycles. The van der Waals surface area contributed by atoms with Crippen LogP contribution < -0.4 is 0 Å². The van der Waals surface area contributed by atoms with E-state index in [0.29, 0.717) is 0 Å². The van der Waals surface area contributed by atoms with E-state index in [4.69, 9.17) is 0 Å². The summed E-state index contributed by atoms with van der Waals surface area (Å²) in [5.41, 5.74) is 6.22. The first kappa shape index (κ1) is 11.3. The van der Waals surface area contributed by atoms with Gasteiger partial charge >= 0.3 is 0 Å². The van der Waals surface area contributed by atoms with E-state index in [1.54, 1.807) is 0 Å². The number of hydrogen-bond donors (Lipinski definition) is 2. The van der Waals surface area contributed by atoms with Crippen molar-refractivity contribution in [3.63, 3.8) is 0 Å². The molecule has 4 rings (SSSR count). The van der Waals surface area contributed by atoms with Crippen molar-refractivity contribution in [2.75, 3.05) is 0 Å². The van der Waals surface area contributed by atoms with Crippen molar-refractivity contribution in [2.45, 2.75) is 13.3 Å². The first-order valence-corrected chi connectivity index (χ1v) is 6.78. The van der Waals surface area contributed by atoms with Crippen molar-refractivity contribution < 1.29 is 0 Å². The predicted molar refractivity (Wildman–Crippen MR) is 81.9 cm³/mol. The van der Waals surface area contributed by atoms with Gasteiger partial charge in [0.15, 0.2) is 0 Å². The van der Waals surface area contributed by atoms with E-state index < -0.39 is 0 Å². The molecule has 0 unspecified atom stereocenters. The maximum atomic E-state index is 4.07. The Morgan fingerprint density at radius 2 is 2.00 bits per heavy atom. The summed E-state index contributed by atoms with van der Waals surface area (Å²) >= 11 is 0. The van der Waals surface area contributed by atoms with Crippen LogP contribution >= 0.6 is 0 Å². The minimum atomic E-state index is 0.929. The van der Waals surface area contributed by atoms with Crippen LogP contribution in [0.5, 0.6) is 0 Å². The minimum Gasteiger partial charge on any atom is -0.361 e. The number of benzene rings is 2. The molecule has 4 aromatic rings. The summed E-state index contributed by atoms with van der Waals surface area (Å²) in [6.45, 7) is 2.12. The van der Waals surface area contributed by atoms with E-state index >= 15 is 0 Å². The lowest BCUT2D eigenvalue weighted by Gasteiger charge is -2.01. The first-order chi connectivity index (χ1) is 9.79. The minimum absolute atomic E-state index is 0.929. The smallest absolute Gasteiger partial charge is 0.0653 e. The lowest BCUT2D eigenvalue weighted by molar-refractivity contribution is 1.12. The molecule has 0 aliphatic carbocycles. The largest absolute Gasteiger partial charge is 0.361 e. The first-order valence-electron chi connectivity index (χ1n) is 6.78. The highest BCUT2D eigenvalue weighted by atomic mass is 15.1. The summed E-state index contributed by atoms with van der Waals surface area (Å²) in [5, 5.41) is 9.56. The van der Waals surface area contributed by atoms with Crippen molar-refractivity contribution >= 4 is 21.8 Å². The second-order valence-electron chi connectivity index (χ2n) is 5.33. The van der Waals surface area contributed by atoms with E-state index in [0.717, 1.165) is 17.3 Å². The van der Waals surface area contributed by atoms with Crippen LogP contribution in [0.2, 0.25) is 0 Å². The molecule has 0 fully saturated rings. The van der Waals surface area contributed by atoms with Crippen molar-refractivity contribution in [1.29, 1.82) is 0 Å². The summed E-state index contributed by atoms with van der Waals surface area (Å²) in [5.74, 6) is 0. The summed E-state index contributed by atoms with van der Waals surface area (Å²) in [4.78, 5) is 3.36. The van der Waals surface area contributed by atoms with Gasteiger partial charge in [-0.3, -0.25) is 5.10 Å². The SMILES string of the molecule is Cc1ccc2c(Cc3ccc4cn[nH]c4c3)c[nH]c2c1. The van der Waals surface area contributed by atoms with E-state index in [1.807, 2.05) is 6.20 Å². The van der Waals surface area contributed by atoms with Crippen molar-refractivity contribution in [1.82, 2.24) is 15.2 Å². The third-order valence-corrected chi connectivity index (χ3v) is 3.82. The zero-order chi connectivity index (χ0) is 13.5. The Hall–Kier alpha value is -2.55. The van der Waals surface area contributed by atoms with Gasteiger partial charge in [-0.05, 0) is 42.2 Å². The Morgan fingerprint density at radius 1 is 1.05 bits per heavy atom. The van der Waals surface area contributed by atoms with E-state index in [2.05, 4.69) is 64.7 Å². The molecular weight excluding hydrogens is 246 g/mol. The lowest BCUT2D eigenvalue weighted by atomic mass is 10.0. The normalized spacial score (nSPS) is 11.4. The highest BCUT2D eigenvalue weighted by Crippen LogP contribution is 2.23. The van der Waals surface area contributed by atoms with Gasteiger partial charge in [0.2, 0.25) is 0 Å². The fourth-order valence-electron chi connectivity index (χ4n) is 2.76. The van der Waals surface area contributed by atoms with Crippen molar-refractivity contribution in [3.8, 4) is 0 Å². The van der Waals surface area contributed by atoms with Gasteiger partial charge < -0.3 is 4.98 Å². The van der Waals surface area contributed by atoms with Gasteiger partial charge in [0, 0.05) is 22.5 Å². The number of hydrogen-bond acceptors (Lipinski definition) is 1.